The minimum atomic E-state index is -4.41. The van der Waals surface area contributed by atoms with E-state index in [0.717, 1.165) is 16.7 Å². The van der Waals surface area contributed by atoms with Gasteiger partial charge in [-0.1, -0.05) is 0 Å². The van der Waals surface area contributed by atoms with Gasteiger partial charge in [0.15, 0.2) is 0 Å². The van der Waals surface area contributed by atoms with Crippen LogP contribution in [0.2, 0.25) is 0 Å². The summed E-state index contributed by atoms with van der Waals surface area (Å²) >= 11 is 0. The molecule has 0 aromatic carbocycles. The zero-order valence-electron chi connectivity index (χ0n) is 7.28. The van der Waals surface area contributed by atoms with Crippen molar-refractivity contribution in [1.82, 2.24) is 9.38 Å². The van der Waals surface area contributed by atoms with Crippen molar-refractivity contribution in [2.24, 2.45) is 0 Å². The zero-order chi connectivity index (χ0) is 11.1. The maximum absolute atomic E-state index is 12.3. The molecule has 2 rings (SSSR count). The molecule has 0 saturated heterocycles. The number of nitrogens with zero attached hydrogens (tertiary/aromatic N) is 3. The normalized spacial score (nSPS) is 11.6. The number of nitriles is 1. The Kier molecular flexibility index (Phi) is 1.89. The molecule has 6 heteroatoms. The Labute approximate surface area is 82.4 Å². The van der Waals surface area contributed by atoms with Gasteiger partial charge in [0.1, 0.15) is 17.4 Å². The minimum Gasteiger partial charge on any atom is -0.291 e. The molecule has 0 N–H and O–H groups in total. The van der Waals surface area contributed by atoms with E-state index in [-0.39, 0.29) is 5.69 Å². The van der Waals surface area contributed by atoms with Crippen LogP contribution in [-0.2, 0) is 6.18 Å². The molecule has 0 radical (unpaired) electrons. The van der Waals surface area contributed by atoms with E-state index in [4.69, 9.17) is 5.26 Å². The molecule has 0 bridgehead atoms. The lowest BCUT2D eigenvalue weighted by molar-refractivity contribution is -0.137. The quantitative estimate of drug-likeness (QED) is 0.670. The lowest BCUT2D eigenvalue weighted by Gasteiger charge is -2.06. The Bertz CT molecular complexity index is 548. The maximum Gasteiger partial charge on any atom is 0.417 e. The van der Waals surface area contributed by atoms with Gasteiger partial charge in [0.25, 0.3) is 0 Å². The molecule has 0 saturated carbocycles. The van der Waals surface area contributed by atoms with E-state index in [2.05, 4.69) is 4.98 Å². The first-order valence-electron chi connectivity index (χ1n) is 3.97. The van der Waals surface area contributed by atoms with E-state index >= 15 is 0 Å². The Morgan fingerprint density at radius 3 is 2.67 bits per heavy atom. The summed E-state index contributed by atoms with van der Waals surface area (Å²) in [5.74, 6) is 0. The van der Waals surface area contributed by atoms with Gasteiger partial charge in [0, 0.05) is 6.20 Å². The van der Waals surface area contributed by atoms with Gasteiger partial charge in [0.05, 0.1) is 11.8 Å². The van der Waals surface area contributed by atoms with Crippen molar-refractivity contribution in [1.29, 1.82) is 5.26 Å². The number of fused-ring (bicyclic) bond motifs is 1. The van der Waals surface area contributed by atoms with Gasteiger partial charge in [-0.3, -0.25) is 4.40 Å². The van der Waals surface area contributed by atoms with Crippen LogP contribution in [0.15, 0.2) is 24.5 Å². The van der Waals surface area contributed by atoms with Gasteiger partial charge in [-0.05, 0) is 12.1 Å². The third-order valence-corrected chi connectivity index (χ3v) is 1.95. The molecular weight excluding hydrogens is 207 g/mol. The molecule has 0 aliphatic carbocycles. The lowest BCUT2D eigenvalue weighted by atomic mass is 10.3. The topological polar surface area (TPSA) is 41.1 Å². The Hall–Kier alpha value is -2.03. The third kappa shape index (κ3) is 1.52. The fourth-order valence-electron chi connectivity index (χ4n) is 1.23. The highest BCUT2D eigenvalue weighted by molar-refractivity contribution is 5.45. The molecule has 0 fully saturated rings. The summed E-state index contributed by atoms with van der Waals surface area (Å²) in [6.07, 6.45) is -2.32. The van der Waals surface area contributed by atoms with Crippen LogP contribution in [-0.4, -0.2) is 9.38 Å². The first-order valence-corrected chi connectivity index (χ1v) is 3.97. The first-order chi connectivity index (χ1) is 7.02. The lowest BCUT2D eigenvalue weighted by Crippen LogP contribution is -2.06. The summed E-state index contributed by atoms with van der Waals surface area (Å²) in [4.78, 5) is 3.79. The van der Waals surface area contributed by atoms with Crippen molar-refractivity contribution in [3.05, 3.63) is 35.8 Å². The summed E-state index contributed by atoms with van der Waals surface area (Å²) in [5, 5.41) is 8.63. The van der Waals surface area contributed by atoms with Crippen LogP contribution >= 0.6 is 0 Å². The van der Waals surface area contributed by atoms with Crippen molar-refractivity contribution < 1.29 is 13.2 Å². The Balaban J connectivity index is 2.69. The maximum atomic E-state index is 12.3. The molecule has 0 unspecified atom stereocenters. The second kappa shape index (κ2) is 2.98. The average Bonchev–Trinajstić information content (AvgIpc) is 2.57. The predicted molar refractivity (Wildman–Crippen MR) is 44.9 cm³/mol. The standard InChI is InChI=1S/C9H4F3N3/c10-9(11,12)6-1-2-8-14-4-7(3-13)15(8)5-6/h1-2,4-5H. The number of imidazole rings is 1. The average molecular weight is 211 g/mol. The number of aromatic nitrogens is 2. The molecule has 0 aliphatic rings. The highest BCUT2D eigenvalue weighted by Gasteiger charge is 2.31. The summed E-state index contributed by atoms with van der Waals surface area (Å²) in [7, 11) is 0. The fraction of sp³-hybridized carbons (Fsp3) is 0.111. The van der Waals surface area contributed by atoms with Crippen LogP contribution in [0.25, 0.3) is 5.65 Å². The molecule has 2 aromatic rings. The first kappa shape index (κ1) is 9.52. The van der Waals surface area contributed by atoms with Crippen LogP contribution in [0.5, 0.6) is 0 Å². The molecule has 3 nitrogen and oxygen atoms in total. The van der Waals surface area contributed by atoms with Gasteiger partial charge in [-0.15, -0.1) is 0 Å². The van der Waals surface area contributed by atoms with E-state index in [1.54, 1.807) is 6.07 Å². The SMILES string of the molecule is N#Cc1cnc2ccc(C(F)(F)F)cn12. The number of hydrogen-bond donors (Lipinski definition) is 0. The van der Waals surface area contributed by atoms with Crippen molar-refractivity contribution in [2.45, 2.75) is 6.18 Å². The fourth-order valence-corrected chi connectivity index (χ4v) is 1.23. The second-order valence-electron chi connectivity index (χ2n) is 2.90. The predicted octanol–water partition coefficient (Wildman–Crippen LogP) is 2.22. The van der Waals surface area contributed by atoms with E-state index in [0.29, 0.717) is 5.65 Å². The second-order valence-corrected chi connectivity index (χ2v) is 2.90. The molecule has 15 heavy (non-hydrogen) atoms. The van der Waals surface area contributed by atoms with Crippen LogP contribution in [0.4, 0.5) is 13.2 Å². The third-order valence-electron chi connectivity index (χ3n) is 1.95. The van der Waals surface area contributed by atoms with E-state index in [9.17, 15) is 13.2 Å². The monoisotopic (exact) mass is 211 g/mol. The number of alkyl halides is 3. The van der Waals surface area contributed by atoms with E-state index in [1.807, 2.05) is 0 Å². The molecule has 2 aromatic heterocycles. The molecule has 0 spiro atoms. The van der Waals surface area contributed by atoms with Gasteiger partial charge < -0.3 is 0 Å². The molecule has 0 amide bonds. The smallest absolute Gasteiger partial charge is 0.291 e. The van der Waals surface area contributed by atoms with Crippen LogP contribution in [0.3, 0.4) is 0 Å². The van der Waals surface area contributed by atoms with E-state index in [1.165, 1.54) is 12.3 Å². The van der Waals surface area contributed by atoms with Gasteiger partial charge >= 0.3 is 6.18 Å². The molecular formula is C9H4F3N3. The Morgan fingerprint density at radius 2 is 2.07 bits per heavy atom. The van der Waals surface area contributed by atoms with Crippen LogP contribution in [0.1, 0.15) is 11.3 Å². The molecule has 76 valence electrons. The molecule has 0 atom stereocenters. The van der Waals surface area contributed by atoms with Gasteiger partial charge in [-0.2, -0.15) is 18.4 Å². The summed E-state index contributed by atoms with van der Waals surface area (Å²) in [6, 6.07) is 3.92. The van der Waals surface area contributed by atoms with Gasteiger partial charge in [0.2, 0.25) is 0 Å². The van der Waals surface area contributed by atoms with Crippen molar-refractivity contribution in [2.75, 3.05) is 0 Å². The van der Waals surface area contributed by atoms with Crippen molar-refractivity contribution in [3.8, 4) is 6.07 Å². The number of rotatable bonds is 0. The zero-order valence-corrected chi connectivity index (χ0v) is 7.28. The molecule has 0 aliphatic heterocycles. The van der Waals surface area contributed by atoms with Crippen LogP contribution in [0, 0.1) is 11.3 Å². The van der Waals surface area contributed by atoms with Crippen LogP contribution < -0.4 is 0 Å². The van der Waals surface area contributed by atoms with E-state index < -0.39 is 11.7 Å². The summed E-state index contributed by atoms with van der Waals surface area (Å²) in [5.41, 5.74) is -0.403. The van der Waals surface area contributed by atoms with Gasteiger partial charge in [-0.25, -0.2) is 4.98 Å². The molecule has 2 heterocycles. The summed E-state index contributed by atoms with van der Waals surface area (Å²) in [6.45, 7) is 0. The summed E-state index contributed by atoms with van der Waals surface area (Å²) < 4.78 is 38.1. The number of halogens is 3. The highest BCUT2D eigenvalue weighted by Crippen LogP contribution is 2.29. The number of hydrogen-bond acceptors (Lipinski definition) is 2. The Morgan fingerprint density at radius 1 is 1.33 bits per heavy atom. The van der Waals surface area contributed by atoms with Crippen molar-refractivity contribution in [3.63, 3.8) is 0 Å². The minimum absolute atomic E-state index is 0.0797. The number of pyridine rings is 1. The largest absolute Gasteiger partial charge is 0.417 e. The highest BCUT2D eigenvalue weighted by atomic mass is 19.4. The van der Waals surface area contributed by atoms with Crippen molar-refractivity contribution >= 4 is 5.65 Å².